The summed E-state index contributed by atoms with van der Waals surface area (Å²) >= 11 is 0. The fraction of sp³-hybridized carbons (Fsp3) is 0.800. The highest BCUT2D eigenvalue weighted by molar-refractivity contribution is 5.58. The highest BCUT2D eigenvalue weighted by atomic mass is 19.4. The topological polar surface area (TPSA) is 12.4 Å². The molecule has 0 aromatic rings. The SMILES string of the molecule is FC(F)(F)C/C=N\CC(F)(F)F. The van der Waals surface area contributed by atoms with E-state index in [0.29, 0.717) is 0 Å². The van der Waals surface area contributed by atoms with E-state index in [0.717, 1.165) is 0 Å². The minimum atomic E-state index is -4.54. The predicted octanol–water partition coefficient (Wildman–Crippen LogP) is 2.57. The molecule has 0 aromatic heterocycles. The van der Waals surface area contributed by atoms with Crippen LogP contribution in [0.15, 0.2) is 4.99 Å². The van der Waals surface area contributed by atoms with E-state index >= 15 is 0 Å². The molecule has 0 radical (unpaired) electrons. The van der Waals surface area contributed by atoms with Crippen molar-refractivity contribution in [3.63, 3.8) is 0 Å². The second kappa shape index (κ2) is 3.77. The monoisotopic (exact) mass is 193 g/mol. The average molecular weight is 193 g/mol. The first-order chi connectivity index (χ1) is 5.21. The van der Waals surface area contributed by atoms with Crippen molar-refractivity contribution in [3.05, 3.63) is 0 Å². The van der Waals surface area contributed by atoms with Gasteiger partial charge in [0.1, 0.15) is 6.54 Å². The van der Waals surface area contributed by atoms with Crippen molar-refractivity contribution >= 4 is 6.21 Å². The third kappa shape index (κ3) is 9.25. The predicted molar refractivity (Wildman–Crippen MR) is 30.1 cm³/mol. The van der Waals surface area contributed by atoms with Crippen molar-refractivity contribution in [3.8, 4) is 0 Å². The van der Waals surface area contributed by atoms with E-state index in [9.17, 15) is 26.3 Å². The Balaban J connectivity index is 3.66. The highest BCUT2D eigenvalue weighted by Crippen LogP contribution is 2.18. The Bertz CT molecular complexity index is 136. The van der Waals surface area contributed by atoms with Crippen LogP contribution in [0, 0.1) is 0 Å². The zero-order valence-electron chi connectivity index (χ0n) is 5.71. The zero-order valence-corrected chi connectivity index (χ0v) is 5.71. The van der Waals surface area contributed by atoms with Crippen LogP contribution in [0.4, 0.5) is 26.3 Å². The fourth-order valence-electron chi connectivity index (χ4n) is 0.336. The van der Waals surface area contributed by atoms with Crippen molar-refractivity contribution < 1.29 is 26.3 Å². The van der Waals surface area contributed by atoms with Crippen molar-refractivity contribution in [2.24, 2.45) is 4.99 Å². The molecule has 0 spiro atoms. The van der Waals surface area contributed by atoms with E-state index in [1.165, 1.54) is 0 Å². The third-order valence-electron chi connectivity index (χ3n) is 0.722. The van der Waals surface area contributed by atoms with Crippen LogP contribution in [0.25, 0.3) is 0 Å². The Morgan fingerprint density at radius 3 is 1.75 bits per heavy atom. The Kier molecular flexibility index (Phi) is 3.54. The summed E-state index contributed by atoms with van der Waals surface area (Å²) in [6, 6.07) is 0. The molecule has 0 fully saturated rings. The lowest BCUT2D eigenvalue weighted by molar-refractivity contribution is -0.123. The number of halogens is 6. The van der Waals surface area contributed by atoms with E-state index < -0.39 is 25.3 Å². The molecule has 0 saturated heterocycles. The number of nitrogens with zero attached hydrogens (tertiary/aromatic N) is 1. The first-order valence-electron chi connectivity index (χ1n) is 2.82. The Morgan fingerprint density at radius 2 is 1.42 bits per heavy atom. The van der Waals surface area contributed by atoms with Crippen molar-refractivity contribution in [2.75, 3.05) is 6.54 Å². The summed E-state index contributed by atoms with van der Waals surface area (Å²) in [5.74, 6) is 0. The third-order valence-corrected chi connectivity index (χ3v) is 0.722. The van der Waals surface area contributed by atoms with Gasteiger partial charge in [-0.2, -0.15) is 26.3 Å². The van der Waals surface area contributed by atoms with Crippen molar-refractivity contribution in [2.45, 2.75) is 18.8 Å². The van der Waals surface area contributed by atoms with Crippen LogP contribution in [0.1, 0.15) is 6.42 Å². The molecule has 12 heavy (non-hydrogen) atoms. The molecule has 0 atom stereocenters. The van der Waals surface area contributed by atoms with Crippen LogP contribution in [0.2, 0.25) is 0 Å². The second-order valence-electron chi connectivity index (χ2n) is 1.96. The van der Waals surface area contributed by atoms with Crippen molar-refractivity contribution in [1.82, 2.24) is 0 Å². The first kappa shape index (κ1) is 11.2. The lowest BCUT2D eigenvalue weighted by Crippen LogP contribution is -2.13. The van der Waals surface area contributed by atoms with Gasteiger partial charge in [-0.25, -0.2) is 0 Å². The lowest BCUT2D eigenvalue weighted by Gasteiger charge is -2.02. The molecule has 0 unspecified atom stereocenters. The normalized spacial score (nSPS) is 14.2. The van der Waals surface area contributed by atoms with E-state index in [1.54, 1.807) is 0 Å². The molecule has 72 valence electrons. The number of aliphatic imine (C=N–C) groups is 1. The van der Waals surface area contributed by atoms with Gasteiger partial charge in [0, 0.05) is 6.21 Å². The molecule has 0 aliphatic rings. The van der Waals surface area contributed by atoms with Crippen LogP contribution in [0.5, 0.6) is 0 Å². The molecule has 0 heterocycles. The van der Waals surface area contributed by atoms with Gasteiger partial charge in [-0.3, -0.25) is 4.99 Å². The second-order valence-corrected chi connectivity index (χ2v) is 1.96. The largest absolute Gasteiger partial charge is 0.407 e. The molecule has 0 bridgehead atoms. The maximum Gasteiger partial charge on any atom is 0.407 e. The fourth-order valence-corrected chi connectivity index (χ4v) is 0.336. The van der Waals surface area contributed by atoms with Crippen molar-refractivity contribution in [1.29, 1.82) is 0 Å². The smallest absolute Gasteiger partial charge is 0.288 e. The quantitative estimate of drug-likeness (QED) is 0.472. The molecular weight excluding hydrogens is 188 g/mol. The van der Waals surface area contributed by atoms with Gasteiger partial charge in [0.15, 0.2) is 0 Å². The number of hydrogen-bond acceptors (Lipinski definition) is 1. The van der Waals surface area contributed by atoms with Crippen LogP contribution >= 0.6 is 0 Å². The van der Waals surface area contributed by atoms with E-state index in [-0.39, 0.29) is 6.21 Å². The number of alkyl halides is 6. The molecule has 0 rings (SSSR count). The average Bonchev–Trinajstić information content (AvgIpc) is 1.76. The first-order valence-corrected chi connectivity index (χ1v) is 2.82. The Morgan fingerprint density at radius 1 is 0.917 bits per heavy atom. The maximum absolute atomic E-state index is 11.3. The molecule has 7 heteroatoms. The summed E-state index contributed by atoms with van der Waals surface area (Å²) in [6.07, 6.45) is -10.2. The van der Waals surface area contributed by atoms with Crippen LogP contribution < -0.4 is 0 Å². The van der Waals surface area contributed by atoms with Gasteiger partial charge < -0.3 is 0 Å². The lowest BCUT2D eigenvalue weighted by atomic mass is 10.4. The van der Waals surface area contributed by atoms with E-state index in [2.05, 4.69) is 4.99 Å². The van der Waals surface area contributed by atoms with Crippen LogP contribution in [0.3, 0.4) is 0 Å². The summed E-state index contributed by atoms with van der Waals surface area (Å²) < 4.78 is 67.8. The van der Waals surface area contributed by atoms with Crippen LogP contribution in [-0.2, 0) is 0 Å². The van der Waals surface area contributed by atoms with E-state index in [4.69, 9.17) is 0 Å². The minimum absolute atomic E-state index is 0.216. The highest BCUT2D eigenvalue weighted by Gasteiger charge is 2.28. The molecule has 0 amide bonds. The Labute approximate surface area is 64.1 Å². The molecule has 0 aromatic carbocycles. The molecule has 0 saturated carbocycles. The molecular formula is C5H5F6N. The summed E-state index contributed by atoms with van der Waals surface area (Å²) in [7, 11) is 0. The van der Waals surface area contributed by atoms with Gasteiger partial charge in [0.25, 0.3) is 0 Å². The minimum Gasteiger partial charge on any atom is -0.288 e. The summed E-state index contributed by atoms with van der Waals surface area (Å²) in [4.78, 5) is 2.56. The standard InChI is InChI=1S/C5H5F6N/c6-4(7,8)1-2-12-3-5(9,10)11/h2H,1,3H2/b12-2-. The molecule has 1 nitrogen and oxygen atoms in total. The summed E-state index contributed by atoms with van der Waals surface area (Å²) in [5.41, 5.74) is 0. The van der Waals surface area contributed by atoms with E-state index in [1.807, 2.05) is 0 Å². The van der Waals surface area contributed by atoms with Crippen LogP contribution in [-0.4, -0.2) is 25.1 Å². The summed E-state index contributed by atoms with van der Waals surface area (Å²) in [5, 5.41) is 0. The summed E-state index contributed by atoms with van der Waals surface area (Å²) in [6.45, 7) is -1.57. The molecule has 0 aliphatic carbocycles. The van der Waals surface area contributed by atoms with Gasteiger partial charge in [-0.1, -0.05) is 0 Å². The van der Waals surface area contributed by atoms with Gasteiger partial charge >= 0.3 is 12.4 Å². The van der Waals surface area contributed by atoms with Gasteiger partial charge in [0.2, 0.25) is 0 Å². The zero-order chi connectivity index (χ0) is 9.83. The van der Waals surface area contributed by atoms with Gasteiger partial charge in [-0.05, 0) is 0 Å². The van der Waals surface area contributed by atoms with Gasteiger partial charge in [-0.15, -0.1) is 0 Å². The number of rotatable bonds is 2. The molecule has 0 aliphatic heterocycles. The maximum atomic E-state index is 11.3. The van der Waals surface area contributed by atoms with Gasteiger partial charge in [0.05, 0.1) is 6.42 Å². The molecule has 0 N–H and O–H groups in total. The Hall–Kier alpha value is -0.750. The number of hydrogen-bond donors (Lipinski definition) is 0.